The van der Waals surface area contributed by atoms with Gasteiger partial charge in [-0.2, -0.15) is 0 Å². The molecule has 1 saturated heterocycles. The summed E-state index contributed by atoms with van der Waals surface area (Å²) < 4.78 is 0. The maximum absolute atomic E-state index is 12.4. The maximum atomic E-state index is 12.4. The lowest BCUT2D eigenvalue weighted by molar-refractivity contribution is 0.0713. The molecule has 1 aliphatic heterocycles. The van der Waals surface area contributed by atoms with Gasteiger partial charge in [-0.05, 0) is 50.2 Å². The van der Waals surface area contributed by atoms with E-state index in [9.17, 15) is 4.79 Å². The quantitative estimate of drug-likeness (QED) is 0.845. The summed E-state index contributed by atoms with van der Waals surface area (Å²) in [5.41, 5.74) is 7.36. The van der Waals surface area contributed by atoms with Gasteiger partial charge in [0.2, 0.25) is 0 Å². The first kappa shape index (κ1) is 12.2. The topological polar surface area (TPSA) is 46.3 Å². The highest BCUT2D eigenvalue weighted by atomic mass is 32.1. The minimum Gasteiger partial charge on any atom is -0.336 e. The molecular weight excluding hydrogens is 244 g/mol. The predicted octanol–water partition coefficient (Wildman–Crippen LogP) is 2.19. The molecule has 0 saturated carbocycles. The molecule has 1 aromatic rings. The monoisotopic (exact) mass is 264 g/mol. The largest absolute Gasteiger partial charge is 0.336 e. The SMILES string of the molecule is NC1CCCN(C(=O)c2cc3c(s2)CCCC3)C1. The van der Waals surface area contributed by atoms with E-state index in [0.29, 0.717) is 0 Å². The lowest BCUT2D eigenvalue weighted by atomic mass is 9.99. The zero-order valence-corrected chi connectivity index (χ0v) is 11.5. The maximum Gasteiger partial charge on any atom is 0.263 e. The Morgan fingerprint density at radius 2 is 2.17 bits per heavy atom. The molecule has 18 heavy (non-hydrogen) atoms. The van der Waals surface area contributed by atoms with Gasteiger partial charge in [0, 0.05) is 24.0 Å². The summed E-state index contributed by atoms with van der Waals surface area (Å²) >= 11 is 1.71. The number of thiophene rings is 1. The molecule has 2 heterocycles. The molecule has 1 amide bonds. The van der Waals surface area contributed by atoms with Crippen molar-refractivity contribution in [3.05, 3.63) is 21.4 Å². The normalized spacial score (nSPS) is 23.8. The summed E-state index contributed by atoms with van der Waals surface area (Å²) in [6.45, 7) is 1.59. The molecular formula is C14H20N2OS. The van der Waals surface area contributed by atoms with Crippen LogP contribution in [0.4, 0.5) is 0 Å². The standard InChI is InChI=1S/C14H20N2OS/c15-11-5-3-7-16(9-11)14(17)13-8-10-4-1-2-6-12(10)18-13/h8,11H,1-7,9,15H2. The number of fused-ring (bicyclic) bond motifs is 1. The van der Waals surface area contributed by atoms with Gasteiger partial charge < -0.3 is 10.6 Å². The summed E-state index contributed by atoms with van der Waals surface area (Å²) in [6, 6.07) is 2.29. The molecule has 0 aromatic carbocycles. The summed E-state index contributed by atoms with van der Waals surface area (Å²) in [5, 5.41) is 0. The fourth-order valence-corrected chi connectivity index (χ4v) is 4.17. The van der Waals surface area contributed by atoms with E-state index in [1.807, 2.05) is 4.90 Å². The van der Waals surface area contributed by atoms with Crippen LogP contribution in [0, 0.1) is 0 Å². The molecule has 1 fully saturated rings. The van der Waals surface area contributed by atoms with Crippen molar-refractivity contribution in [1.82, 2.24) is 4.90 Å². The number of piperidine rings is 1. The second-order valence-electron chi connectivity index (χ2n) is 5.42. The average molecular weight is 264 g/mol. The molecule has 1 aliphatic carbocycles. The third kappa shape index (κ3) is 2.31. The van der Waals surface area contributed by atoms with Gasteiger partial charge >= 0.3 is 0 Å². The molecule has 2 aliphatic rings. The van der Waals surface area contributed by atoms with E-state index >= 15 is 0 Å². The van der Waals surface area contributed by atoms with Crippen molar-refractivity contribution in [3.63, 3.8) is 0 Å². The lowest BCUT2D eigenvalue weighted by Gasteiger charge is -2.30. The van der Waals surface area contributed by atoms with Crippen molar-refractivity contribution >= 4 is 17.2 Å². The van der Waals surface area contributed by atoms with Crippen LogP contribution in [0.25, 0.3) is 0 Å². The number of hydrogen-bond donors (Lipinski definition) is 1. The van der Waals surface area contributed by atoms with Crippen LogP contribution in [-0.4, -0.2) is 29.9 Å². The van der Waals surface area contributed by atoms with Crippen LogP contribution in [0.2, 0.25) is 0 Å². The first-order chi connectivity index (χ1) is 8.74. The van der Waals surface area contributed by atoms with Crippen LogP contribution in [0.3, 0.4) is 0 Å². The Morgan fingerprint density at radius 3 is 2.94 bits per heavy atom. The number of carbonyl (C=O) groups excluding carboxylic acids is 1. The average Bonchev–Trinajstić information content (AvgIpc) is 2.81. The Bertz CT molecular complexity index is 431. The fraction of sp³-hybridized carbons (Fsp3) is 0.643. The van der Waals surface area contributed by atoms with Crippen LogP contribution >= 0.6 is 11.3 Å². The van der Waals surface area contributed by atoms with Crippen LogP contribution in [0.5, 0.6) is 0 Å². The molecule has 2 N–H and O–H groups in total. The first-order valence-electron chi connectivity index (χ1n) is 6.90. The zero-order valence-electron chi connectivity index (χ0n) is 10.7. The highest BCUT2D eigenvalue weighted by molar-refractivity contribution is 7.14. The number of amides is 1. The molecule has 3 rings (SSSR count). The molecule has 4 heteroatoms. The number of nitrogens with zero attached hydrogens (tertiary/aromatic N) is 1. The van der Waals surface area contributed by atoms with Gasteiger partial charge in [-0.15, -0.1) is 11.3 Å². The number of nitrogens with two attached hydrogens (primary N) is 1. The van der Waals surface area contributed by atoms with Gasteiger partial charge in [0.1, 0.15) is 0 Å². The van der Waals surface area contributed by atoms with Crippen LogP contribution in [-0.2, 0) is 12.8 Å². The van der Waals surface area contributed by atoms with E-state index in [-0.39, 0.29) is 11.9 Å². The molecule has 0 bridgehead atoms. The van der Waals surface area contributed by atoms with Gasteiger partial charge in [-0.25, -0.2) is 0 Å². The molecule has 0 radical (unpaired) electrons. The third-order valence-electron chi connectivity index (χ3n) is 3.95. The molecule has 1 aromatic heterocycles. The van der Waals surface area contributed by atoms with E-state index in [1.54, 1.807) is 11.3 Å². The fourth-order valence-electron chi connectivity index (χ4n) is 2.95. The lowest BCUT2D eigenvalue weighted by Crippen LogP contribution is -2.45. The Morgan fingerprint density at radius 1 is 1.33 bits per heavy atom. The minimum atomic E-state index is 0.164. The Balaban J connectivity index is 1.77. The number of hydrogen-bond acceptors (Lipinski definition) is 3. The van der Waals surface area contributed by atoms with Crippen molar-refractivity contribution in [1.29, 1.82) is 0 Å². The zero-order chi connectivity index (χ0) is 12.5. The first-order valence-corrected chi connectivity index (χ1v) is 7.72. The van der Waals surface area contributed by atoms with Gasteiger partial charge in [0.25, 0.3) is 5.91 Å². The van der Waals surface area contributed by atoms with E-state index in [1.165, 1.54) is 23.3 Å². The summed E-state index contributed by atoms with van der Waals surface area (Å²) in [7, 11) is 0. The second-order valence-corrected chi connectivity index (χ2v) is 6.56. The number of aryl methyl sites for hydroxylation is 2. The molecule has 98 valence electrons. The Labute approximate surface area is 112 Å². The number of likely N-dealkylation sites (tertiary alicyclic amines) is 1. The van der Waals surface area contributed by atoms with E-state index in [4.69, 9.17) is 5.73 Å². The van der Waals surface area contributed by atoms with Gasteiger partial charge in [0.15, 0.2) is 0 Å². The van der Waals surface area contributed by atoms with Gasteiger partial charge in [-0.1, -0.05) is 0 Å². The van der Waals surface area contributed by atoms with Crippen LogP contribution in [0.1, 0.15) is 45.8 Å². The van der Waals surface area contributed by atoms with Crippen molar-refractivity contribution in [2.45, 2.75) is 44.6 Å². The second kappa shape index (κ2) is 5.02. The van der Waals surface area contributed by atoms with E-state index in [0.717, 1.165) is 43.6 Å². The number of rotatable bonds is 1. The third-order valence-corrected chi connectivity index (χ3v) is 5.18. The number of carbonyl (C=O) groups is 1. The van der Waals surface area contributed by atoms with E-state index in [2.05, 4.69) is 6.07 Å². The predicted molar refractivity (Wildman–Crippen MR) is 74.1 cm³/mol. The van der Waals surface area contributed by atoms with Crippen molar-refractivity contribution < 1.29 is 4.79 Å². The Kier molecular flexibility index (Phi) is 3.39. The van der Waals surface area contributed by atoms with Gasteiger partial charge in [-0.3, -0.25) is 4.79 Å². The van der Waals surface area contributed by atoms with Gasteiger partial charge in [0.05, 0.1) is 4.88 Å². The van der Waals surface area contributed by atoms with E-state index < -0.39 is 0 Å². The minimum absolute atomic E-state index is 0.164. The van der Waals surface area contributed by atoms with Crippen molar-refractivity contribution in [2.24, 2.45) is 5.73 Å². The molecule has 0 spiro atoms. The molecule has 1 atom stereocenters. The molecule has 1 unspecified atom stereocenters. The highest BCUT2D eigenvalue weighted by Crippen LogP contribution is 2.30. The summed E-state index contributed by atoms with van der Waals surface area (Å²) in [4.78, 5) is 16.7. The van der Waals surface area contributed by atoms with Crippen LogP contribution in [0.15, 0.2) is 6.07 Å². The smallest absolute Gasteiger partial charge is 0.263 e. The molecule has 3 nitrogen and oxygen atoms in total. The highest BCUT2D eigenvalue weighted by Gasteiger charge is 2.25. The summed E-state index contributed by atoms with van der Waals surface area (Å²) in [5.74, 6) is 0.199. The van der Waals surface area contributed by atoms with Crippen molar-refractivity contribution in [2.75, 3.05) is 13.1 Å². The Hall–Kier alpha value is -0.870. The summed E-state index contributed by atoms with van der Waals surface area (Å²) in [6.07, 6.45) is 6.94. The van der Waals surface area contributed by atoms with Crippen LogP contribution < -0.4 is 5.73 Å². The van der Waals surface area contributed by atoms with Crippen molar-refractivity contribution in [3.8, 4) is 0 Å².